The number of nitrogens with zero attached hydrogens (tertiary/aromatic N) is 1. The van der Waals surface area contributed by atoms with Crippen LogP contribution in [0.25, 0.3) is 0 Å². The lowest BCUT2D eigenvalue weighted by molar-refractivity contribution is 0.147. The summed E-state index contributed by atoms with van der Waals surface area (Å²) < 4.78 is 5.25. The summed E-state index contributed by atoms with van der Waals surface area (Å²) in [6, 6.07) is 2.04. The molecule has 2 N–H and O–H groups in total. The van der Waals surface area contributed by atoms with Gasteiger partial charge < -0.3 is 15.4 Å². The van der Waals surface area contributed by atoms with Crippen molar-refractivity contribution in [2.45, 2.75) is 13.3 Å². The Kier molecular flexibility index (Phi) is 5.55. The van der Waals surface area contributed by atoms with E-state index in [4.69, 9.17) is 4.74 Å². The highest BCUT2D eigenvalue weighted by atomic mass is 16.5. The number of ether oxygens (including phenoxy) is 1. The molecule has 0 aromatic carbocycles. The van der Waals surface area contributed by atoms with Gasteiger partial charge in [0.25, 0.3) is 0 Å². The molecule has 1 heterocycles. The van der Waals surface area contributed by atoms with Gasteiger partial charge in [-0.15, -0.1) is 0 Å². The van der Waals surface area contributed by atoms with E-state index in [1.165, 1.54) is 0 Å². The highest BCUT2D eigenvalue weighted by molar-refractivity contribution is 5.53. The predicted molar refractivity (Wildman–Crippen MR) is 63.4 cm³/mol. The number of hydrogen-bond donors (Lipinski definition) is 2. The number of anilines is 2. The van der Waals surface area contributed by atoms with Gasteiger partial charge in [-0.05, 0) is 19.4 Å². The molecule has 1 aromatic heterocycles. The molecule has 0 fully saturated rings. The van der Waals surface area contributed by atoms with Crippen LogP contribution in [0.1, 0.15) is 13.3 Å². The number of rotatable bonds is 7. The van der Waals surface area contributed by atoms with Crippen LogP contribution in [0.15, 0.2) is 18.5 Å². The molecule has 0 radical (unpaired) electrons. The molecule has 0 bridgehead atoms. The Hall–Kier alpha value is -1.29. The van der Waals surface area contributed by atoms with Gasteiger partial charge in [0.2, 0.25) is 0 Å². The van der Waals surface area contributed by atoms with Crippen LogP contribution in [-0.4, -0.2) is 31.8 Å². The molecule has 0 saturated carbocycles. The molecule has 1 aromatic rings. The summed E-state index contributed by atoms with van der Waals surface area (Å²) >= 11 is 0. The van der Waals surface area contributed by atoms with Crippen molar-refractivity contribution < 1.29 is 4.74 Å². The van der Waals surface area contributed by atoms with Gasteiger partial charge in [0, 0.05) is 26.8 Å². The molecule has 0 saturated heterocycles. The lowest BCUT2D eigenvalue weighted by atomic mass is 10.3. The summed E-state index contributed by atoms with van der Waals surface area (Å²) in [6.07, 6.45) is 4.63. The lowest BCUT2D eigenvalue weighted by Crippen LogP contribution is -2.06. The first-order chi connectivity index (χ1) is 7.36. The summed E-state index contributed by atoms with van der Waals surface area (Å²) in [5.74, 6) is 0. The zero-order valence-corrected chi connectivity index (χ0v) is 9.42. The quantitative estimate of drug-likeness (QED) is 0.674. The largest absolute Gasteiger partial charge is 0.387 e. The van der Waals surface area contributed by atoms with E-state index in [2.05, 4.69) is 15.6 Å². The molecule has 0 amide bonds. The maximum atomic E-state index is 5.25. The first kappa shape index (κ1) is 11.8. The zero-order chi connectivity index (χ0) is 10.9. The monoisotopic (exact) mass is 209 g/mol. The van der Waals surface area contributed by atoms with Crippen LogP contribution < -0.4 is 10.6 Å². The van der Waals surface area contributed by atoms with E-state index in [0.717, 1.165) is 37.6 Å². The Balaban J connectivity index is 2.24. The Morgan fingerprint density at radius 3 is 2.87 bits per heavy atom. The molecule has 0 aliphatic heterocycles. The molecule has 0 atom stereocenters. The second-order valence-electron chi connectivity index (χ2n) is 3.19. The van der Waals surface area contributed by atoms with Gasteiger partial charge in [0.05, 0.1) is 23.8 Å². The van der Waals surface area contributed by atoms with Gasteiger partial charge in [0.1, 0.15) is 0 Å². The van der Waals surface area contributed by atoms with E-state index in [1.54, 1.807) is 6.20 Å². The van der Waals surface area contributed by atoms with Crippen LogP contribution in [0.4, 0.5) is 11.4 Å². The minimum absolute atomic E-state index is 0.788. The number of nitrogens with one attached hydrogen (secondary N) is 2. The summed E-state index contributed by atoms with van der Waals surface area (Å²) in [4.78, 5) is 4.11. The Morgan fingerprint density at radius 2 is 2.13 bits per heavy atom. The third kappa shape index (κ3) is 4.65. The summed E-state index contributed by atoms with van der Waals surface area (Å²) in [5, 5.41) is 6.35. The van der Waals surface area contributed by atoms with Gasteiger partial charge in [-0.2, -0.15) is 0 Å². The Labute approximate surface area is 91.1 Å². The van der Waals surface area contributed by atoms with Crippen molar-refractivity contribution in [3.63, 3.8) is 0 Å². The van der Waals surface area contributed by atoms with Gasteiger partial charge in [0.15, 0.2) is 0 Å². The first-order valence-electron chi connectivity index (χ1n) is 5.31. The number of pyridine rings is 1. The van der Waals surface area contributed by atoms with Crippen molar-refractivity contribution >= 4 is 11.4 Å². The van der Waals surface area contributed by atoms with Crippen LogP contribution in [0, 0.1) is 0 Å². The summed E-state index contributed by atoms with van der Waals surface area (Å²) in [5.41, 5.74) is 2.06. The summed E-state index contributed by atoms with van der Waals surface area (Å²) in [6.45, 7) is 4.52. The smallest absolute Gasteiger partial charge is 0.0547 e. The zero-order valence-electron chi connectivity index (χ0n) is 9.42. The van der Waals surface area contributed by atoms with Crippen molar-refractivity contribution in [2.75, 3.05) is 37.4 Å². The van der Waals surface area contributed by atoms with Crippen molar-refractivity contribution in [3.05, 3.63) is 18.5 Å². The fourth-order valence-electron chi connectivity index (χ4n) is 1.22. The normalized spacial score (nSPS) is 10.0. The van der Waals surface area contributed by atoms with Crippen LogP contribution in [0.2, 0.25) is 0 Å². The van der Waals surface area contributed by atoms with Gasteiger partial charge in [-0.25, -0.2) is 0 Å². The van der Waals surface area contributed by atoms with E-state index < -0.39 is 0 Å². The number of hydrogen-bond acceptors (Lipinski definition) is 4. The molecule has 0 aliphatic rings. The van der Waals surface area contributed by atoms with Crippen molar-refractivity contribution in [2.24, 2.45) is 0 Å². The fraction of sp³-hybridized carbons (Fsp3) is 0.545. The average molecular weight is 209 g/mol. The summed E-state index contributed by atoms with van der Waals surface area (Å²) in [7, 11) is 1.88. The van der Waals surface area contributed by atoms with Crippen LogP contribution >= 0.6 is 0 Å². The predicted octanol–water partition coefficient (Wildman–Crippen LogP) is 1.96. The average Bonchev–Trinajstić information content (AvgIpc) is 2.29. The van der Waals surface area contributed by atoms with E-state index in [9.17, 15) is 0 Å². The van der Waals surface area contributed by atoms with Gasteiger partial charge in [-0.1, -0.05) is 0 Å². The second kappa shape index (κ2) is 7.06. The standard InChI is InChI=1S/C11H19N3O/c1-3-15-6-4-5-14-11-7-10(12-2)8-13-9-11/h7-9,12,14H,3-6H2,1-2H3. The van der Waals surface area contributed by atoms with E-state index in [-0.39, 0.29) is 0 Å². The molecule has 1 rings (SSSR count). The van der Waals surface area contributed by atoms with Crippen molar-refractivity contribution in [1.29, 1.82) is 0 Å². The fourth-order valence-corrected chi connectivity index (χ4v) is 1.22. The molecular weight excluding hydrogens is 190 g/mol. The molecule has 4 nitrogen and oxygen atoms in total. The van der Waals surface area contributed by atoms with Crippen molar-refractivity contribution in [3.8, 4) is 0 Å². The SMILES string of the molecule is CCOCCCNc1cncc(NC)c1. The lowest BCUT2D eigenvalue weighted by Gasteiger charge is -2.07. The molecule has 15 heavy (non-hydrogen) atoms. The number of aromatic nitrogens is 1. The maximum Gasteiger partial charge on any atom is 0.0547 e. The maximum absolute atomic E-state index is 5.25. The highest BCUT2D eigenvalue weighted by Crippen LogP contribution is 2.11. The van der Waals surface area contributed by atoms with E-state index >= 15 is 0 Å². The van der Waals surface area contributed by atoms with Crippen LogP contribution in [0.3, 0.4) is 0 Å². The van der Waals surface area contributed by atoms with Crippen LogP contribution in [0.5, 0.6) is 0 Å². The highest BCUT2D eigenvalue weighted by Gasteiger charge is 1.94. The van der Waals surface area contributed by atoms with Gasteiger partial charge in [-0.3, -0.25) is 4.98 Å². The topological polar surface area (TPSA) is 46.2 Å². The molecule has 0 aliphatic carbocycles. The van der Waals surface area contributed by atoms with E-state index in [1.807, 2.05) is 26.2 Å². The van der Waals surface area contributed by atoms with Crippen LogP contribution in [-0.2, 0) is 4.74 Å². The second-order valence-corrected chi connectivity index (χ2v) is 3.19. The molecular formula is C11H19N3O. The minimum atomic E-state index is 0.788. The molecule has 0 spiro atoms. The molecule has 0 unspecified atom stereocenters. The first-order valence-corrected chi connectivity index (χ1v) is 5.31. The Morgan fingerprint density at radius 1 is 1.33 bits per heavy atom. The van der Waals surface area contributed by atoms with Crippen molar-refractivity contribution in [1.82, 2.24) is 4.98 Å². The molecule has 84 valence electrons. The third-order valence-electron chi connectivity index (χ3n) is 2.03. The van der Waals surface area contributed by atoms with Gasteiger partial charge >= 0.3 is 0 Å². The Bertz CT molecular complexity index is 278. The third-order valence-corrected chi connectivity index (χ3v) is 2.03. The molecule has 4 heteroatoms. The van der Waals surface area contributed by atoms with E-state index in [0.29, 0.717) is 0 Å². The minimum Gasteiger partial charge on any atom is -0.387 e.